The van der Waals surface area contributed by atoms with Gasteiger partial charge in [0.25, 0.3) is 0 Å². The van der Waals surface area contributed by atoms with Crippen LogP contribution in [-0.2, 0) is 0 Å². The van der Waals surface area contributed by atoms with Gasteiger partial charge < -0.3 is 14.6 Å². The zero-order chi connectivity index (χ0) is 13.6. The van der Waals surface area contributed by atoms with Gasteiger partial charge in [0.2, 0.25) is 0 Å². The molecule has 0 aromatic heterocycles. The maximum absolute atomic E-state index is 10.6. The summed E-state index contributed by atoms with van der Waals surface area (Å²) in [5.41, 5.74) is 0.914. The van der Waals surface area contributed by atoms with Crippen LogP contribution in [-0.4, -0.2) is 19.3 Å². The first-order valence-electron chi connectivity index (χ1n) is 6.77. The SMILES string of the molecule is COc1cc(Br)c(C(O)C2C3CCCC32)cc1OC. The minimum Gasteiger partial charge on any atom is -0.493 e. The van der Waals surface area contributed by atoms with Crippen LogP contribution in [0.5, 0.6) is 11.5 Å². The second kappa shape index (κ2) is 4.98. The molecular formula is C15H19BrO3. The average molecular weight is 327 g/mol. The molecule has 1 aromatic rings. The quantitative estimate of drug-likeness (QED) is 0.919. The maximum Gasteiger partial charge on any atom is 0.161 e. The van der Waals surface area contributed by atoms with Gasteiger partial charge in [-0.15, -0.1) is 0 Å². The van der Waals surface area contributed by atoms with Crippen LogP contribution in [0.15, 0.2) is 16.6 Å². The fourth-order valence-electron chi connectivity index (χ4n) is 3.65. The third kappa shape index (κ3) is 2.15. The van der Waals surface area contributed by atoms with Gasteiger partial charge in [0.05, 0.1) is 20.3 Å². The zero-order valence-electron chi connectivity index (χ0n) is 11.2. The molecule has 0 radical (unpaired) electrons. The fourth-order valence-corrected chi connectivity index (χ4v) is 4.21. The first-order chi connectivity index (χ1) is 9.17. The first-order valence-corrected chi connectivity index (χ1v) is 7.56. The van der Waals surface area contributed by atoms with E-state index >= 15 is 0 Å². The van der Waals surface area contributed by atoms with E-state index < -0.39 is 6.10 Å². The molecule has 0 bridgehead atoms. The van der Waals surface area contributed by atoms with Crippen LogP contribution in [0.2, 0.25) is 0 Å². The molecule has 2 fully saturated rings. The van der Waals surface area contributed by atoms with Crippen LogP contribution < -0.4 is 9.47 Å². The van der Waals surface area contributed by atoms with Crippen LogP contribution in [0.4, 0.5) is 0 Å². The normalized spacial score (nSPS) is 29.8. The second-order valence-electron chi connectivity index (χ2n) is 5.51. The largest absolute Gasteiger partial charge is 0.493 e. The molecule has 0 aliphatic heterocycles. The Balaban J connectivity index is 1.87. The third-order valence-electron chi connectivity index (χ3n) is 4.66. The van der Waals surface area contributed by atoms with Crippen LogP contribution in [0.1, 0.15) is 30.9 Å². The topological polar surface area (TPSA) is 38.7 Å². The van der Waals surface area contributed by atoms with E-state index in [0.717, 1.165) is 21.9 Å². The van der Waals surface area contributed by atoms with Crippen LogP contribution in [0.3, 0.4) is 0 Å². The van der Waals surface area contributed by atoms with Gasteiger partial charge in [0, 0.05) is 4.47 Å². The summed E-state index contributed by atoms with van der Waals surface area (Å²) >= 11 is 3.53. The number of ether oxygens (including phenoxy) is 2. The van der Waals surface area contributed by atoms with E-state index in [0.29, 0.717) is 17.4 Å². The first kappa shape index (κ1) is 13.3. The highest BCUT2D eigenvalue weighted by molar-refractivity contribution is 9.10. The molecule has 1 N–H and O–H groups in total. The molecule has 4 heteroatoms. The Morgan fingerprint density at radius 1 is 1.16 bits per heavy atom. The Labute approximate surface area is 122 Å². The number of halogens is 1. The predicted molar refractivity (Wildman–Crippen MR) is 76.5 cm³/mol. The molecule has 104 valence electrons. The summed E-state index contributed by atoms with van der Waals surface area (Å²) in [7, 11) is 3.24. The van der Waals surface area contributed by atoms with Crippen molar-refractivity contribution in [3.05, 3.63) is 22.2 Å². The smallest absolute Gasteiger partial charge is 0.161 e. The molecule has 3 atom stereocenters. The van der Waals surface area contributed by atoms with Crippen molar-refractivity contribution in [2.75, 3.05) is 14.2 Å². The number of aliphatic hydroxyl groups is 1. The molecule has 0 spiro atoms. The Bertz CT molecular complexity index is 479. The van der Waals surface area contributed by atoms with Gasteiger partial charge in [0.15, 0.2) is 11.5 Å². The van der Waals surface area contributed by atoms with Crippen molar-refractivity contribution in [2.45, 2.75) is 25.4 Å². The van der Waals surface area contributed by atoms with Crippen molar-refractivity contribution in [1.29, 1.82) is 0 Å². The lowest BCUT2D eigenvalue weighted by Crippen LogP contribution is -2.06. The number of fused-ring (bicyclic) bond motifs is 1. The van der Waals surface area contributed by atoms with Crippen molar-refractivity contribution >= 4 is 15.9 Å². The molecule has 2 saturated carbocycles. The standard InChI is InChI=1S/C15H19BrO3/c1-18-12-6-10(11(16)7-13(12)19-2)15(17)14-8-4-3-5-9(8)14/h6-9,14-15,17H,3-5H2,1-2H3. The molecule has 1 aromatic carbocycles. The lowest BCUT2D eigenvalue weighted by atomic mass is 9.99. The van der Waals surface area contributed by atoms with Gasteiger partial charge in [-0.3, -0.25) is 0 Å². The monoisotopic (exact) mass is 326 g/mol. The van der Waals surface area contributed by atoms with Crippen molar-refractivity contribution < 1.29 is 14.6 Å². The van der Waals surface area contributed by atoms with Gasteiger partial charge in [-0.05, 0) is 48.3 Å². The second-order valence-corrected chi connectivity index (χ2v) is 6.36. The maximum atomic E-state index is 10.6. The van der Waals surface area contributed by atoms with E-state index in [4.69, 9.17) is 9.47 Å². The zero-order valence-corrected chi connectivity index (χ0v) is 12.8. The molecular weight excluding hydrogens is 308 g/mol. The van der Waals surface area contributed by atoms with E-state index in [1.165, 1.54) is 19.3 Å². The number of methoxy groups -OCH3 is 2. The summed E-state index contributed by atoms with van der Waals surface area (Å²) in [6, 6.07) is 3.76. The minimum absolute atomic E-state index is 0.399. The number of hydrogen-bond acceptors (Lipinski definition) is 3. The van der Waals surface area contributed by atoms with E-state index in [1.54, 1.807) is 14.2 Å². The highest BCUT2D eigenvalue weighted by Gasteiger charge is 2.56. The Morgan fingerprint density at radius 2 is 1.74 bits per heavy atom. The van der Waals surface area contributed by atoms with E-state index in [1.807, 2.05) is 12.1 Å². The summed E-state index contributed by atoms with van der Waals surface area (Å²) in [6.07, 6.45) is 3.48. The van der Waals surface area contributed by atoms with E-state index in [2.05, 4.69) is 15.9 Å². The van der Waals surface area contributed by atoms with Crippen LogP contribution in [0.25, 0.3) is 0 Å². The highest BCUT2D eigenvalue weighted by atomic mass is 79.9. The minimum atomic E-state index is -0.399. The summed E-state index contributed by atoms with van der Waals surface area (Å²) < 4.78 is 11.5. The van der Waals surface area contributed by atoms with Gasteiger partial charge in [0.1, 0.15) is 0 Å². The number of benzene rings is 1. The van der Waals surface area contributed by atoms with Crippen molar-refractivity contribution in [2.24, 2.45) is 17.8 Å². The van der Waals surface area contributed by atoms with Crippen molar-refractivity contribution in [3.8, 4) is 11.5 Å². The Hall–Kier alpha value is -0.740. The van der Waals surface area contributed by atoms with E-state index in [-0.39, 0.29) is 0 Å². The van der Waals surface area contributed by atoms with E-state index in [9.17, 15) is 5.11 Å². The van der Waals surface area contributed by atoms with Crippen LogP contribution >= 0.6 is 15.9 Å². The number of aliphatic hydroxyl groups excluding tert-OH is 1. The summed E-state index contributed by atoms with van der Waals surface area (Å²) in [4.78, 5) is 0. The Morgan fingerprint density at radius 3 is 2.32 bits per heavy atom. The summed E-state index contributed by atoms with van der Waals surface area (Å²) in [5.74, 6) is 3.25. The molecule has 0 heterocycles. The number of hydrogen-bond donors (Lipinski definition) is 1. The fraction of sp³-hybridized carbons (Fsp3) is 0.600. The lowest BCUT2D eigenvalue weighted by molar-refractivity contribution is 0.136. The molecule has 19 heavy (non-hydrogen) atoms. The molecule has 0 amide bonds. The molecule has 0 saturated heterocycles. The van der Waals surface area contributed by atoms with Crippen molar-refractivity contribution in [3.63, 3.8) is 0 Å². The Kier molecular flexibility index (Phi) is 3.48. The lowest BCUT2D eigenvalue weighted by Gasteiger charge is -2.17. The summed E-state index contributed by atoms with van der Waals surface area (Å²) in [6.45, 7) is 0. The van der Waals surface area contributed by atoms with Gasteiger partial charge >= 0.3 is 0 Å². The van der Waals surface area contributed by atoms with Crippen LogP contribution in [0, 0.1) is 17.8 Å². The molecule has 3 unspecified atom stereocenters. The average Bonchev–Trinajstić information content (AvgIpc) is 2.90. The van der Waals surface area contributed by atoms with Crippen molar-refractivity contribution in [1.82, 2.24) is 0 Å². The van der Waals surface area contributed by atoms with Gasteiger partial charge in [-0.25, -0.2) is 0 Å². The molecule has 2 aliphatic carbocycles. The summed E-state index contributed by atoms with van der Waals surface area (Å²) in [5, 5.41) is 10.6. The highest BCUT2D eigenvalue weighted by Crippen LogP contribution is 2.62. The predicted octanol–water partition coefficient (Wildman–Crippen LogP) is 3.55. The van der Waals surface area contributed by atoms with Gasteiger partial charge in [-0.2, -0.15) is 0 Å². The van der Waals surface area contributed by atoms with Gasteiger partial charge in [-0.1, -0.05) is 22.4 Å². The molecule has 3 nitrogen and oxygen atoms in total. The number of rotatable bonds is 4. The molecule has 3 rings (SSSR count). The third-order valence-corrected chi connectivity index (χ3v) is 5.35. The molecule has 2 aliphatic rings.